The van der Waals surface area contributed by atoms with Crippen LogP contribution in [0.5, 0.6) is 0 Å². The predicted octanol–water partition coefficient (Wildman–Crippen LogP) is 1.23. The van der Waals surface area contributed by atoms with Crippen molar-refractivity contribution in [1.82, 2.24) is 15.3 Å². The fourth-order valence-corrected chi connectivity index (χ4v) is 2.46. The number of nitrogens with zero attached hydrogens (tertiary/aromatic N) is 3. The van der Waals surface area contributed by atoms with Gasteiger partial charge in [-0.15, -0.1) is 0 Å². The van der Waals surface area contributed by atoms with Gasteiger partial charge in [0.05, 0.1) is 7.11 Å². The lowest BCUT2D eigenvalue weighted by Crippen LogP contribution is -2.38. The molecule has 1 atom stereocenters. The molecule has 1 aromatic rings. The molecule has 1 aliphatic heterocycles. The van der Waals surface area contributed by atoms with E-state index in [1.165, 1.54) is 20.0 Å². The summed E-state index contributed by atoms with van der Waals surface area (Å²) in [5.74, 6) is 0.406. The number of anilines is 1. The summed E-state index contributed by atoms with van der Waals surface area (Å²) in [6.07, 6.45) is 5.06. The molecule has 6 heteroatoms. The molecule has 1 aromatic heterocycles. The SMILES string of the molecule is CCCN(CC1CCCN1)c1ccnc(C(=O)OC)n1. The maximum atomic E-state index is 11.5. The third-order valence-corrected chi connectivity index (χ3v) is 3.43. The number of rotatable bonds is 6. The molecule has 0 radical (unpaired) electrons. The number of hydrogen-bond donors (Lipinski definition) is 1. The third-order valence-electron chi connectivity index (χ3n) is 3.43. The van der Waals surface area contributed by atoms with Crippen LogP contribution in [-0.2, 0) is 4.74 Å². The molecule has 6 nitrogen and oxygen atoms in total. The molecule has 1 aliphatic rings. The Bertz CT molecular complexity index is 447. The molecule has 2 heterocycles. The van der Waals surface area contributed by atoms with E-state index in [1.54, 1.807) is 6.20 Å². The molecule has 0 aliphatic carbocycles. The van der Waals surface area contributed by atoms with Crippen molar-refractivity contribution in [2.24, 2.45) is 0 Å². The van der Waals surface area contributed by atoms with Gasteiger partial charge < -0.3 is 15.0 Å². The first kappa shape index (κ1) is 14.7. The smallest absolute Gasteiger partial charge is 0.376 e. The molecule has 0 aromatic carbocycles. The summed E-state index contributed by atoms with van der Waals surface area (Å²) < 4.78 is 4.67. The number of hydrogen-bond acceptors (Lipinski definition) is 6. The van der Waals surface area contributed by atoms with Gasteiger partial charge in [-0.2, -0.15) is 0 Å². The van der Waals surface area contributed by atoms with Crippen molar-refractivity contribution in [2.45, 2.75) is 32.2 Å². The summed E-state index contributed by atoms with van der Waals surface area (Å²) in [6, 6.07) is 2.34. The van der Waals surface area contributed by atoms with Gasteiger partial charge in [-0.3, -0.25) is 0 Å². The lowest BCUT2D eigenvalue weighted by atomic mass is 10.2. The highest BCUT2D eigenvalue weighted by atomic mass is 16.5. The van der Waals surface area contributed by atoms with E-state index in [9.17, 15) is 4.79 Å². The van der Waals surface area contributed by atoms with Crippen LogP contribution in [0.1, 0.15) is 36.8 Å². The van der Waals surface area contributed by atoms with E-state index < -0.39 is 5.97 Å². The fraction of sp³-hybridized carbons (Fsp3) is 0.643. The van der Waals surface area contributed by atoms with E-state index >= 15 is 0 Å². The van der Waals surface area contributed by atoms with Crippen LogP contribution in [0.2, 0.25) is 0 Å². The van der Waals surface area contributed by atoms with Crippen LogP contribution in [0.25, 0.3) is 0 Å². The second kappa shape index (κ2) is 7.19. The summed E-state index contributed by atoms with van der Waals surface area (Å²) in [5, 5.41) is 3.49. The van der Waals surface area contributed by atoms with Gasteiger partial charge in [-0.25, -0.2) is 14.8 Å². The van der Waals surface area contributed by atoms with E-state index in [0.717, 1.165) is 31.9 Å². The lowest BCUT2D eigenvalue weighted by molar-refractivity contribution is 0.0587. The van der Waals surface area contributed by atoms with E-state index in [-0.39, 0.29) is 5.82 Å². The van der Waals surface area contributed by atoms with Crippen molar-refractivity contribution in [3.05, 3.63) is 18.1 Å². The Morgan fingerprint density at radius 2 is 2.45 bits per heavy atom. The molecule has 0 amide bonds. The average Bonchev–Trinajstić information content (AvgIpc) is 2.99. The van der Waals surface area contributed by atoms with Crippen LogP contribution in [0.15, 0.2) is 12.3 Å². The van der Waals surface area contributed by atoms with Gasteiger partial charge in [0, 0.05) is 25.3 Å². The number of ether oxygens (including phenoxy) is 1. The zero-order valence-electron chi connectivity index (χ0n) is 12.1. The standard InChI is InChI=1S/C14H22N4O2/c1-3-9-18(10-11-5-4-7-15-11)12-6-8-16-13(17-12)14(19)20-2/h6,8,11,15H,3-5,7,9-10H2,1-2H3. The van der Waals surface area contributed by atoms with Crippen LogP contribution in [0.3, 0.4) is 0 Å². The fourth-order valence-electron chi connectivity index (χ4n) is 2.46. The van der Waals surface area contributed by atoms with E-state index in [1.807, 2.05) is 6.07 Å². The van der Waals surface area contributed by atoms with Crippen molar-refractivity contribution in [3.8, 4) is 0 Å². The molecule has 2 rings (SSSR count). The number of aromatic nitrogens is 2. The van der Waals surface area contributed by atoms with E-state index in [0.29, 0.717) is 6.04 Å². The van der Waals surface area contributed by atoms with Crippen LogP contribution in [-0.4, -0.2) is 48.7 Å². The zero-order chi connectivity index (χ0) is 14.4. The summed E-state index contributed by atoms with van der Waals surface area (Å²) >= 11 is 0. The number of carbonyl (C=O) groups excluding carboxylic acids is 1. The Balaban J connectivity index is 2.12. The van der Waals surface area contributed by atoms with Gasteiger partial charge in [0.15, 0.2) is 0 Å². The first-order chi connectivity index (χ1) is 9.74. The Kier molecular flexibility index (Phi) is 5.29. The minimum Gasteiger partial charge on any atom is -0.463 e. The predicted molar refractivity (Wildman–Crippen MR) is 76.9 cm³/mol. The van der Waals surface area contributed by atoms with Crippen LogP contribution < -0.4 is 10.2 Å². The second-order valence-corrected chi connectivity index (χ2v) is 4.97. The molecule has 0 spiro atoms. The van der Waals surface area contributed by atoms with Gasteiger partial charge in [-0.05, 0) is 31.9 Å². The number of nitrogens with one attached hydrogen (secondary N) is 1. The molecule has 1 saturated heterocycles. The van der Waals surface area contributed by atoms with E-state index in [2.05, 4.69) is 31.8 Å². The quantitative estimate of drug-likeness (QED) is 0.790. The normalized spacial score (nSPS) is 18.0. The first-order valence-corrected chi connectivity index (χ1v) is 7.14. The van der Waals surface area contributed by atoms with Crippen LogP contribution in [0.4, 0.5) is 5.82 Å². The first-order valence-electron chi connectivity index (χ1n) is 7.14. The Hall–Kier alpha value is -1.69. The minimum atomic E-state index is -0.498. The van der Waals surface area contributed by atoms with Gasteiger partial charge in [0.2, 0.25) is 5.82 Å². The lowest BCUT2D eigenvalue weighted by Gasteiger charge is -2.26. The molecular weight excluding hydrogens is 256 g/mol. The number of carbonyl (C=O) groups is 1. The number of esters is 1. The Morgan fingerprint density at radius 3 is 3.10 bits per heavy atom. The molecule has 1 unspecified atom stereocenters. The van der Waals surface area contributed by atoms with E-state index in [4.69, 9.17) is 0 Å². The summed E-state index contributed by atoms with van der Waals surface area (Å²) in [5.41, 5.74) is 0. The molecule has 20 heavy (non-hydrogen) atoms. The maximum Gasteiger partial charge on any atom is 0.376 e. The van der Waals surface area contributed by atoms with Crippen LogP contribution >= 0.6 is 0 Å². The van der Waals surface area contributed by atoms with Crippen molar-refractivity contribution in [1.29, 1.82) is 0 Å². The monoisotopic (exact) mass is 278 g/mol. The van der Waals surface area contributed by atoms with Gasteiger partial charge in [0.25, 0.3) is 0 Å². The second-order valence-electron chi connectivity index (χ2n) is 4.97. The van der Waals surface area contributed by atoms with Gasteiger partial charge in [0.1, 0.15) is 5.82 Å². The highest BCUT2D eigenvalue weighted by Crippen LogP contribution is 2.15. The molecule has 1 fully saturated rings. The summed E-state index contributed by atoms with van der Waals surface area (Å²) in [4.78, 5) is 22.0. The Morgan fingerprint density at radius 1 is 1.60 bits per heavy atom. The molecule has 110 valence electrons. The molecule has 0 saturated carbocycles. The third kappa shape index (κ3) is 3.66. The van der Waals surface area contributed by atoms with Crippen molar-refractivity contribution in [3.63, 3.8) is 0 Å². The maximum absolute atomic E-state index is 11.5. The highest BCUT2D eigenvalue weighted by molar-refractivity contribution is 5.85. The largest absolute Gasteiger partial charge is 0.463 e. The average molecular weight is 278 g/mol. The van der Waals surface area contributed by atoms with Crippen molar-refractivity contribution < 1.29 is 9.53 Å². The zero-order valence-corrected chi connectivity index (χ0v) is 12.1. The van der Waals surface area contributed by atoms with Gasteiger partial charge in [-0.1, -0.05) is 6.92 Å². The van der Waals surface area contributed by atoms with Crippen molar-refractivity contribution >= 4 is 11.8 Å². The highest BCUT2D eigenvalue weighted by Gasteiger charge is 2.19. The number of methoxy groups -OCH3 is 1. The summed E-state index contributed by atoms with van der Waals surface area (Å²) in [6.45, 7) is 5.04. The summed E-state index contributed by atoms with van der Waals surface area (Å²) in [7, 11) is 1.34. The molecule has 1 N–H and O–H groups in total. The van der Waals surface area contributed by atoms with Gasteiger partial charge >= 0.3 is 5.97 Å². The molecular formula is C14H22N4O2. The minimum absolute atomic E-state index is 0.116. The topological polar surface area (TPSA) is 67.4 Å². The van der Waals surface area contributed by atoms with Crippen LogP contribution in [0, 0.1) is 0 Å². The Labute approximate surface area is 119 Å². The van der Waals surface area contributed by atoms with Crippen molar-refractivity contribution in [2.75, 3.05) is 31.6 Å². The molecule has 0 bridgehead atoms.